The number of esters is 1. The summed E-state index contributed by atoms with van der Waals surface area (Å²) in [5, 5.41) is 0. The quantitative estimate of drug-likeness (QED) is 0.591. The van der Waals surface area contributed by atoms with Gasteiger partial charge in [-0.3, -0.25) is 9.59 Å². The summed E-state index contributed by atoms with van der Waals surface area (Å²) < 4.78 is 5.58. The van der Waals surface area contributed by atoms with E-state index >= 15 is 0 Å². The number of carbonyl (C=O) groups is 3. The van der Waals surface area contributed by atoms with Gasteiger partial charge in [-0.25, -0.2) is 0 Å². The lowest BCUT2D eigenvalue weighted by atomic mass is 9.69. The summed E-state index contributed by atoms with van der Waals surface area (Å²) in [7, 11) is 0. The zero-order valence-electron chi connectivity index (χ0n) is 13.0. The number of fused-ring (bicyclic) bond motifs is 3. The molecule has 0 N–H and O–H groups in total. The molecule has 0 heterocycles. The number of hydrogen-bond donors (Lipinski definition) is 0. The molecule has 4 heteroatoms. The molecule has 0 aromatic carbocycles. The van der Waals surface area contributed by atoms with E-state index in [1.807, 2.05) is 6.08 Å². The van der Waals surface area contributed by atoms with Crippen LogP contribution in [0.15, 0.2) is 11.6 Å². The number of allylic oxidation sites excluding steroid dienone is 1. The van der Waals surface area contributed by atoms with Gasteiger partial charge in [0.2, 0.25) is 0 Å². The van der Waals surface area contributed by atoms with E-state index in [9.17, 15) is 14.4 Å². The maximum Gasteiger partial charge on any atom is 0.302 e. The second kappa shape index (κ2) is 4.05. The molecule has 21 heavy (non-hydrogen) atoms. The van der Waals surface area contributed by atoms with Crippen LogP contribution >= 0.6 is 0 Å². The maximum atomic E-state index is 11.6. The summed E-state index contributed by atoms with van der Waals surface area (Å²) in [6.07, 6.45) is 5.09. The molecular formula is C17H22O4. The van der Waals surface area contributed by atoms with Gasteiger partial charge in [0.1, 0.15) is 18.7 Å². The fourth-order valence-electron chi connectivity index (χ4n) is 5.00. The van der Waals surface area contributed by atoms with Gasteiger partial charge in [0, 0.05) is 23.8 Å². The standard InChI is InChI=1S/C17H22O4/c1-10(20)21-14-12-5-11(7-18)17(9-19)8-16(17,4)13(12)6-15(14,2)3/h5,7,9,12-14H,6,8H2,1-4H3/t12-,13-,14-,16+,17+/m0/s1. The molecule has 0 unspecified atom stereocenters. The van der Waals surface area contributed by atoms with Gasteiger partial charge < -0.3 is 9.53 Å². The molecule has 0 bridgehead atoms. The summed E-state index contributed by atoms with van der Waals surface area (Å²) in [5.41, 5.74) is -0.333. The van der Waals surface area contributed by atoms with Gasteiger partial charge in [0.25, 0.3) is 0 Å². The Labute approximate surface area is 124 Å². The highest BCUT2D eigenvalue weighted by atomic mass is 16.5. The third-order valence-corrected chi connectivity index (χ3v) is 6.20. The van der Waals surface area contributed by atoms with E-state index in [-0.39, 0.29) is 34.7 Å². The molecule has 2 fully saturated rings. The number of ether oxygens (including phenoxy) is 1. The van der Waals surface area contributed by atoms with Crippen molar-refractivity contribution in [2.75, 3.05) is 0 Å². The first-order chi connectivity index (χ1) is 9.72. The second-order valence-electron chi connectivity index (χ2n) is 7.83. The minimum Gasteiger partial charge on any atom is -0.461 e. The van der Waals surface area contributed by atoms with Gasteiger partial charge in [-0.15, -0.1) is 0 Å². The Kier molecular flexibility index (Phi) is 2.80. The minimum atomic E-state index is -0.600. The van der Waals surface area contributed by atoms with E-state index in [1.165, 1.54) is 6.92 Å². The second-order valence-corrected chi connectivity index (χ2v) is 7.83. The van der Waals surface area contributed by atoms with Crippen LogP contribution in [0.4, 0.5) is 0 Å². The lowest BCUT2D eigenvalue weighted by Gasteiger charge is -2.35. The third-order valence-electron chi connectivity index (χ3n) is 6.20. The molecule has 5 atom stereocenters. The van der Waals surface area contributed by atoms with Crippen molar-refractivity contribution in [1.82, 2.24) is 0 Å². The molecule has 0 amide bonds. The lowest BCUT2D eigenvalue weighted by Crippen LogP contribution is -2.37. The molecule has 3 rings (SSSR count). The lowest BCUT2D eigenvalue weighted by molar-refractivity contribution is -0.153. The Morgan fingerprint density at radius 1 is 1.33 bits per heavy atom. The van der Waals surface area contributed by atoms with Crippen molar-refractivity contribution < 1.29 is 19.1 Å². The van der Waals surface area contributed by atoms with Crippen molar-refractivity contribution in [3.05, 3.63) is 11.6 Å². The van der Waals surface area contributed by atoms with Crippen LogP contribution in [0.3, 0.4) is 0 Å². The Balaban J connectivity index is 2.06. The largest absolute Gasteiger partial charge is 0.461 e. The van der Waals surface area contributed by atoms with Gasteiger partial charge in [-0.1, -0.05) is 26.8 Å². The highest BCUT2D eigenvalue weighted by Crippen LogP contribution is 2.77. The van der Waals surface area contributed by atoms with Gasteiger partial charge in [-0.2, -0.15) is 0 Å². The molecule has 0 spiro atoms. The van der Waals surface area contributed by atoms with Crippen molar-refractivity contribution in [2.24, 2.45) is 28.1 Å². The summed E-state index contributed by atoms with van der Waals surface area (Å²) in [5.74, 6) is 0.0263. The highest BCUT2D eigenvalue weighted by molar-refractivity contribution is 5.89. The van der Waals surface area contributed by atoms with Crippen LogP contribution in [0.1, 0.15) is 40.5 Å². The fourth-order valence-corrected chi connectivity index (χ4v) is 5.00. The molecule has 0 radical (unpaired) electrons. The first kappa shape index (κ1) is 14.5. The average molecular weight is 290 g/mol. The molecule has 0 saturated heterocycles. The molecule has 0 aromatic rings. The molecule has 0 aromatic heterocycles. The third kappa shape index (κ3) is 1.65. The molecule has 114 valence electrons. The van der Waals surface area contributed by atoms with E-state index in [4.69, 9.17) is 4.74 Å². The van der Waals surface area contributed by atoms with E-state index < -0.39 is 5.41 Å². The summed E-state index contributed by atoms with van der Waals surface area (Å²) in [6, 6.07) is 0. The Hall–Kier alpha value is -1.45. The smallest absolute Gasteiger partial charge is 0.302 e. The number of aldehydes is 2. The van der Waals surface area contributed by atoms with E-state index in [2.05, 4.69) is 20.8 Å². The van der Waals surface area contributed by atoms with Gasteiger partial charge in [0.15, 0.2) is 0 Å². The Bertz CT molecular complexity index is 561. The molecule has 3 aliphatic rings. The van der Waals surface area contributed by atoms with Gasteiger partial charge in [-0.05, 0) is 24.2 Å². The van der Waals surface area contributed by atoms with Crippen LogP contribution in [0.25, 0.3) is 0 Å². The molecule has 2 saturated carbocycles. The topological polar surface area (TPSA) is 60.4 Å². The van der Waals surface area contributed by atoms with Crippen molar-refractivity contribution in [3.8, 4) is 0 Å². The van der Waals surface area contributed by atoms with Crippen molar-refractivity contribution >= 4 is 18.5 Å². The molecule has 4 nitrogen and oxygen atoms in total. The number of rotatable bonds is 3. The van der Waals surface area contributed by atoms with Crippen LogP contribution in [-0.2, 0) is 19.1 Å². The molecular weight excluding hydrogens is 268 g/mol. The number of carbonyl (C=O) groups excluding carboxylic acids is 3. The van der Waals surface area contributed by atoms with Crippen LogP contribution in [0, 0.1) is 28.1 Å². The predicted molar refractivity (Wildman–Crippen MR) is 76.3 cm³/mol. The Morgan fingerprint density at radius 2 is 2.00 bits per heavy atom. The van der Waals surface area contributed by atoms with Gasteiger partial charge >= 0.3 is 5.97 Å². The van der Waals surface area contributed by atoms with E-state index in [1.54, 1.807) is 0 Å². The summed E-state index contributed by atoms with van der Waals surface area (Å²) in [6.45, 7) is 7.72. The first-order valence-electron chi connectivity index (χ1n) is 7.53. The monoisotopic (exact) mass is 290 g/mol. The molecule has 0 aliphatic heterocycles. The number of hydrogen-bond acceptors (Lipinski definition) is 4. The van der Waals surface area contributed by atoms with Crippen LogP contribution in [0.2, 0.25) is 0 Å². The van der Waals surface area contributed by atoms with E-state index in [0.29, 0.717) is 5.57 Å². The SMILES string of the molecule is CC(=O)O[C@H]1[C@H]2C=C(C=O)[C@]3(C=O)C[C@]3(C)[C@H]2CC1(C)C. The first-order valence-corrected chi connectivity index (χ1v) is 7.53. The predicted octanol–water partition coefficient (Wildman–Crippen LogP) is 2.31. The average Bonchev–Trinajstić information content (AvgIpc) is 2.96. The molecule has 3 aliphatic carbocycles. The van der Waals surface area contributed by atoms with Gasteiger partial charge in [0.05, 0.1) is 5.41 Å². The van der Waals surface area contributed by atoms with Crippen LogP contribution < -0.4 is 0 Å². The van der Waals surface area contributed by atoms with E-state index in [0.717, 1.165) is 25.4 Å². The fraction of sp³-hybridized carbons (Fsp3) is 0.706. The highest BCUT2D eigenvalue weighted by Gasteiger charge is 2.75. The van der Waals surface area contributed by atoms with Crippen molar-refractivity contribution in [3.63, 3.8) is 0 Å². The van der Waals surface area contributed by atoms with Crippen LogP contribution in [-0.4, -0.2) is 24.6 Å². The zero-order chi connectivity index (χ0) is 15.6. The Morgan fingerprint density at radius 3 is 2.52 bits per heavy atom. The van der Waals surface area contributed by atoms with Crippen molar-refractivity contribution in [2.45, 2.75) is 46.6 Å². The normalized spacial score (nSPS) is 45.9. The summed E-state index contributed by atoms with van der Waals surface area (Å²) in [4.78, 5) is 34.5. The minimum absolute atomic E-state index is 0.0321. The maximum absolute atomic E-state index is 11.6. The zero-order valence-corrected chi connectivity index (χ0v) is 13.0. The van der Waals surface area contributed by atoms with Crippen LogP contribution in [0.5, 0.6) is 0 Å². The summed E-state index contributed by atoms with van der Waals surface area (Å²) >= 11 is 0. The van der Waals surface area contributed by atoms with Crippen molar-refractivity contribution in [1.29, 1.82) is 0 Å².